The van der Waals surface area contributed by atoms with Crippen molar-refractivity contribution < 1.29 is 19.1 Å². The molecule has 0 spiro atoms. The number of ether oxygens (including phenoxy) is 2. The molecule has 0 aromatic heterocycles. The quantitative estimate of drug-likeness (QED) is 0.614. The standard InChI is InChI=1S/C20H22O4/c1-16(8-10-23-19-6-2-4-17(12-19)14-21)9-11-24-20-7-3-5-18(13-20)15-22/h2-7,12-16H,8-11H2,1H3. The van der Waals surface area contributed by atoms with Crippen LogP contribution in [0.25, 0.3) is 0 Å². The first kappa shape index (κ1) is 17.7. The van der Waals surface area contributed by atoms with E-state index >= 15 is 0 Å². The van der Waals surface area contributed by atoms with Crippen LogP contribution in [0.3, 0.4) is 0 Å². The van der Waals surface area contributed by atoms with Gasteiger partial charge in [-0.15, -0.1) is 0 Å². The van der Waals surface area contributed by atoms with Crippen LogP contribution in [0.1, 0.15) is 40.5 Å². The summed E-state index contributed by atoms with van der Waals surface area (Å²) in [6.45, 7) is 3.35. The van der Waals surface area contributed by atoms with Gasteiger partial charge in [0.2, 0.25) is 0 Å². The normalized spacial score (nSPS) is 10.4. The number of hydrogen-bond acceptors (Lipinski definition) is 4. The van der Waals surface area contributed by atoms with Gasteiger partial charge in [-0.2, -0.15) is 0 Å². The average molecular weight is 326 g/mol. The van der Waals surface area contributed by atoms with E-state index in [1.807, 2.05) is 24.3 Å². The number of rotatable bonds is 10. The molecule has 0 unspecified atom stereocenters. The van der Waals surface area contributed by atoms with Crippen molar-refractivity contribution >= 4 is 12.6 Å². The lowest BCUT2D eigenvalue weighted by atomic mass is 10.1. The minimum absolute atomic E-state index is 0.452. The van der Waals surface area contributed by atoms with E-state index in [4.69, 9.17) is 9.47 Å². The number of benzene rings is 2. The molecule has 0 radical (unpaired) electrons. The van der Waals surface area contributed by atoms with Gasteiger partial charge in [-0.25, -0.2) is 0 Å². The molecule has 4 nitrogen and oxygen atoms in total. The first-order chi connectivity index (χ1) is 11.7. The Balaban J connectivity index is 1.66. The Morgan fingerprint density at radius 3 is 1.71 bits per heavy atom. The van der Waals surface area contributed by atoms with E-state index < -0.39 is 0 Å². The molecule has 0 fully saturated rings. The maximum atomic E-state index is 10.7. The fraction of sp³-hybridized carbons (Fsp3) is 0.300. The fourth-order valence-corrected chi connectivity index (χ4v) is 2.26. The summed E-state index contributed by atoms with van der Waals surface area (Å²) in [5.74, 6) is 1.89. The Hall–Kier alpha value is -2.62. The van der Waals surface area contributed by atoms with Crippen LogP contribution in [-0.4, -0.2) is 25.8 Å². The minimum atomic E-state index is 0.452. The van der Waals surface area contributed by atoms with Gasteiger partial charge in [-0.3, -0.25) is 9.59 Å². The van der Waals surface area contributed by atoms with Crippen LogP contribution in [0.15, 0.2) is 48.5 Å². The van der Waals surface area contributed by atoms with Crippen LogP contribution < -0.4 is 9.47 Å². The lowest BCUT2D eigenvalue weighted by molar-refractivity contribution is 0.111. The van der Waals surface area contributed by atoms with Crippen molar-refractivity contribution in [3.63, 3.8) is 0 Å². The van der Waals surface area contributed by atoms with Gasteiger partial charge in [0.1, 0.15) is 24.1 Å². The summed E-state index contributed by atoms with van der Waals surface area (Å²) in [7, 11) is 0. The van der Waals surface area contributed by atoms with Gasteiger partial charge in [-0.1, -0.05) is 31.2 Å². The first-order valence-electron chi connectivity index (χ1n) is 8.07. The molecule has 0 N–H and O–H groups in total. The summed E-state index contributed by atoms with van der Waals surface area (Å²) in [6, 6.07) is 14.3. The van der Waals surface area contributed by atoms with Gasteiger partial charge in [-0.05, 0) is 43.0 Å². The Bertz CT molecular complexity index is 609. The number of hydrogen-bond donors (Lipinski definition) is 0. The molecule has 24 heavy (non-hydrogen) atoms. The van der Waals surface area contributed by atoms with Crippen molar-refractivity contribution in [2.45, 2.75) is 19.8 Å². The first-order valence-corrected chi connectivity index (χ1v) is 8.07. The molecule has 2 aromatic carbocycles. The SMILES string of the molecule is CC(CCOc1cccc(C=O)c1)CCOc1cccc(C=O)c1. The monoisotopic (exact) mass is 326 g/mol. The minimum Gasteiger partial charge on any atom is -0.494 e. The molecule has 0 saturated carbocycles. The van der Waals surface area contributed by atoms with Crippen LogP contribution in [0, 0.1) is 5.92 Å². The highest BCUT2D eigenvalue weighted by atomic mass is 16.5. The Labute approximate surface area is 142 Å². The average Bonchev–Trinajstić information content (AvgIpc) is 2.62. The van der Waals surface area contributed by atoms with E-state index in [-0.39, 0.29) is 0 Å². The van der Waals surface area contributed by atoms with E-state index in [9.17, 15) is 9.59 Å². The van der Waals surface area contributed by atoms with E-state index in [0.29, 0.717) is 41.8 Å². The van der Waals surface area contributed by atoms with Gasteiger partial charge in [0, 0.05) is 11.1 Å². The molecule has 0 aliphatic heterocycles. The highest BCUT2D eigenvalue weighted by Crippen LogP contribution is 2.16. The van der Waals surface area contributed by atoms with Gasteiger partial charge >= 0.3 is 0 Å². The third-order valence-electron chi connectivity index (χ3n) is 3.75. The molecule has 126 valence electrons. The van der Waals surface area contributed by atoms with Gasteiger partial charge in [0.15, 0.2) is 0 Å². The summed E-state index contributed by atoms with van der Waals surface area (Å²) in [5.41, 5.74) is 1.23. The molecule has 4 heteroatoms. The van der Waals surface area contributed by atoms with E-state index in [0.717, 1.165) is 25.4 Å². The number of carbonyl (C=O) groups is 2. The van der Waals surface area contributed by atoms with Crippen molar-refractivity contribution in [1.82, 2.24) is 0 Å². The zero-order valence-corrected chi connectivity index (χ0v) is 13.8. The predicted molar refractivity (Wildman–Crippen MR) is 93.0 cm³/mol. The highest BCUT2D eigenvalue weighted by Gasteiger charge is 2.04. The smallest absolute Gasteiger partial charge is 0.150 e. The lowest BCUT2D eigenvalue weighted by Crippen LogP contribution is -2.08. The zero-order valence-electron chi connectivity index (χ0n) is 13.8. The Morgan fingerprint density at radius 2 is 1.29 bits per heavy atom. The van der Waals surface area contributed by atoms with Crippen LogP contribution in [0.2, 0.25) is 0 Å². The molecule has 0 atom stereocenters. The molecule has 0 aliphatic rings. The highest BCUT2D eigenvalue weighted by molar-refractivity contribution is 5.75. The van der Waals surface area contributed by atoms with Crippen LogP contribution in [0.4, 0.5) is 0 Å². The van der Waals surface area contributed by atoms with Crippen molar-refractivity contribution in [2.24, 2.45) is 5.92 Å². The van der Waals surface area contributed by atoms with E-state index in [1.54, 1.807) is 24.3 Å². The fourth-order valence-electron chi connectivity index (χ4n) is 2.26. The summed E-state index contributed by atoms with van der Waals surface area (Å²) in [4.78, 5) is 21.5. The summed E-state index contributed by atoms with van der Waals surface area (Å²) in [6.07, 6.45) is 3.44. The molecule has 0 heterocycles. The molecule has 0 bridgehead atoms. The molecule has 2 rings (SSSR count). The van der Waals surface area contributed by atoms with Crippen molar-refractivity contribution in [3.05, 3.63) is 59.7 Å². The van der Waals surface area contributed by atoms with Crippen molar-refractivity contribution in [3.8, 4) is 11.5 Å². The maximum Gasteiger partial charge on any atom is 0.150 e. The van der Waals surface area contributed by atoms with Gasteiger partial charge < -0.3 is 9.47 Å². The predicted octanol–water partition coefficient (Wildman–Crippen LogP) is 4.19. The molecular formula is C20H22O4. The molecule has 0 amide bonds. The summed E-state index contributed by atoms with van der Waals surface area (Å²) < 4.78 is 11.4. The molecule has 0 saturated heterocycles. The van der Waals surface area contributed by atoms with Crippen LogP contribution >= 0.6 is 0 Å². The largest absolute Gasteiger partial charge is 0.494 e. The lowest BCUT2D eigenvalue weighted by Gasteiger charge is -2.13. The van der Waals surface area contributed by atoms with Gasteiger partial charge in [0.05, 0.1) is 13.2 Å². The molecule has 2 aromatic rings. The Morgan fingerprint density at radius 1 is 0.833 bits per heavy atom. The van der Waals surface area contributed by atoms with Crippen molar-refractivity contribution in [2.75, 3.05) is 13.2 Å². The zero-order chi connectivity index (χ0) is 17.2. The summed E-state index contributed by atoms with van der Waals surface area (Å²) in [5, 5.41) is 0. The topological polar surface area (TPSA) is 52.6 Å². The summed E-state index contributed by atoms with van der Waals surface area (Å²) >= 11 is 0. The Kier molecular flexibility index (Phi) is 7.02. The van der Waals surface area contributed by atoms with Gasteiger partial charge in [0.25, 0.3) is 0 Å². The molecule has 0 aliphatic carbocycles. The van der Waals surface area contributed by atoms with Crippen molar-refractivity contribution in [1.29, 1.82) is 0 Å². The third kappa shape index (κ3) is 5.88. The van der Waals surface area contributed by atoms with E-state index in [1.165, 1.54) is 0 Å². The maximum absolute atomic E-state index is 10.7. The second-order valence-electron chi connectivity index (χ2n) is 5.76. The third-order valence-corrected chi connectivity index (χ3v) is 3.75. The van der Waals surface area contributed by atoms with Crippen LogP contribution in [0.5, 0.6) is 11.5 Å². The second-order valence-corrected chi connectivity index (χ2v) is 5.76. The van der Waals surface area contributed by atoms with Crippen LogP contribution in [-0.2, 0) is 0 Å². The van der Waals surface area contributed by atoms with E-state index in [2.05, 4.69) is 6.92 Å². The number of aldehydes is 2. The number of carbonyl (C=O) groups excluding carboxylic acids is 2. The molecular weight excluding hydrogens is 304 g/mol. The second kappa shape index (κ2) is 9.50.